The third-order valence-electron chi connectivity index (χ3n) is 4.58. The lowest BCUT2D eigenvalue weighted by Gasteiger charge is -2.34. The number of benzene rings is 1. The fraction of sp³-hybridized carbons (Fsp3) is 0.471. The molecule has 3 nitrogen and oxygen atoms in total. The van der Waals surface area contributed by atoms with Crippen molar-refractivity contribution in [1.82, 2.24) is 14.5 Å². The lowest BCUT2D eigenvalue weighted by molar-refractivity contribution is 0.143. The summed E-state index contributed by atoms with van der Waals surface area (Å²) in [5.74, 6) is -0.161. The summed E-state index contributed by atoms with van der Waals surface area (Å²) in [7, 11) is 0. The molecule has 22 heavy (non-hydrogen) atoms. The van der Waals surface area contributed by atoms with Crippen LogP contribution in [0.1, 0.15) is 26.3 Å². The number of halogens is 1. The van der Waals surface area contributed by atoms with Gasteiger partial charge in [-0.1, -0.05) is 19.9 Å². The standard InChI is InChI=1S/C17H22FN3S/c1-5-17(3,4)10-20-9-12-13(18)6-7-14-15(12)21(8-11(20)2)16(22)19-14/h5-7,11H,1,8-10H2,2-4H3,(H,19,22)/t11-/m0/s1. The highest BCUT2D eigenvalue weighted by Crippen LogP contribution is 2.30. The second kappa shape index (κ2) is 5.32. The summed E-state index contributed by atoms with van der Waals surface area (Å²) in [4.78, 5) is 5.51. The van der Waals surface area contributed by atoms with Crippen LogP contribution in [0.4, 0.5) is 4.39 Å². The maximum Gasteiger partial charge on any atom is 0.178 e. The van der Waals surface area contributed by atoms with Gasteiger partial charge in [-0.25, -0.2) is 4.39 Å². The first-order valence-corrected chi connectivity index (χ1v) is 8.01. The quantitative estimate of drug-likeness (QED) is 0.675. The second-order valence-corrected chi connectivity index (χ2v) is 7.30. The van der Waals surface area contributed by atoms with Gasteiger partial charge < -0.3 is 9.55 Å². The Labute approximate surface area is 135 Å². The van der Waals surface area contributed by atoms with E-state index in [9.17, 15) is 4.39 Å². The zero-order chi connectivity index (χ0) is 16.1. The number of aromatic nitrogens is 2. The molecule has 0 saturated carbocycles. The van der Waals surface area contributed by atoms with E-state index in [4.69, 9.17) is 12.2 Å². The molecule has 1 aromatic heterocycles. The third-order valence-corrected chi connectivity index (χ3v) is 4.90. The molecule has 118 valence electrons. The van der Waals surface area contributed by atoms with E-state index in [1.54, 1.807) is 6.07 Å². The van der Waals surface area contributed by atoms with Gasteiger partial charge in [-0.15, -0.1) is 6.58 Å². The van der Waals surface area contributed by atoms with E-state index in [-0.39, 0.29) is 17.3 Å². The van der Waals surface area contributed by atoms with Gasteiger partial charge in [-0.05, 0) is 36.7 Å². The summed E-state index contributed by atoms with van der Waals surface area (Å²) in [5.41, 5.74) is 2.55. The Bertz CT molecular complexity index is 787. The number of rotatable bonds is 3. The molecule has 1 atom stereocenters. The molecule has 2 aromatic rings. The smallest absolute Gasteiger partial charge is 0.178 e. The lowest BCUT2D eigenvalue weighted by atomic mass is 9.92. The molecular formula is C17H22FN3S. The minimum Gasteiger partial charge on any atom is -0.331 e. The Hall–Kier alpha value is -1.46. The van der Waals surface area contributed by atoms with Crippen LogP contribution in [0.25, 0.3) is 11.0 Å². The van der Waals surface area contributed by atoms with E-state index >= 15 is 0 Å². The minimum atomic E-state index is -0.161. The molecule has 5 heteroatoms. The van der Waals surface area contributed by atoms with Gasteiger partial charge in [0.2, 0.25) is 0 Å². The Balaban J connectivity index is 2.11. The normalized spacial score (nSPS) is 19.4. The first-order valence-electron chi connectivity index (χ1n) is 7.60. The summed E-state index contributed by atoms with van der Waals surface area (Å²) in [6, 6.07) is 3.57. The van der Waals surface area contributed by atoms with Crippen LogP contribution in [-0.2, 0) is 13.1 Å². The predicted octanol–water partition coefficient (Wildman–Crippen LogP) is 4.25. The fourth-order valence-electron chi connectivity index (χ4n) is 3.17. The van der Waals surface area contributed by atoms with Crippen molar-refractivity contribution in [1.29, 1.82) is 0 Å². The van der Waals surface area contributed by atoms with Gasteiger partial charge >= 0.3 is 0 Å². The molecule has 3 rings (SSSR count). The zero-order valence-electron chi connectivity index (χ0n) is 13.3. The monoisotopic (exact) mass is 319 g/mol. The maximum atomic E-state index is 14.4. The van der Waals surface area contributed by atoms with Crippen LogP contribution in [-0.4, -0.2) is 27.0 Å². The van der Waals surface area contributed by atoms with Crippen molar-refractivity contribution in [2.45, 2.75) is 39.9 Å². The maximum absolute atomic E-state index is 14.4. The van der Waals surface area contributed by atoms with E-state index in [1.807, 2.05) is 10.6 Å². The van der Waals surface area contributed by atoms with Crippen molar-refractivity contribution in [3.63, 3.8) is 0 Å². The summed E-state index contributed by atoms with van der Waals surface area (Å²) in [5, 5.41) is 0. The van der Waals surface area contributed by atoms with Crippen LogP contribution < -0.4 is 0 Å². The number of hydrogen-bond donors (Lipinski definition) is 1. The minimum absolute atomic E-state index is 0.0133. The Morgan fingerprint density at radius 1 is 1.50 bits per heavy atom. The Kier molecular flexibility index (Phi) is 3.73. The summed E-state index contributed by atoms with van der Waals surface area (Å²) < 4.78 is 17.1. The molecule has 0 fully saturated rings. The van der Waals surface area contributed by atoms with Crippen molar-refractivity contribution in [2.24, 2.45) is 5.41 Å². The second-order valence-electron chi connectivity index (χ2n) is 6.91. The molecule has 0 unspecified atom stereocenters. The van der Waals surface area contributed by atoms with Gasteiger partial charge in [0.05, 0.1) is 11.0 Å². The van der Waals surface area contributed by atoms with E-state index in [0.29, 0.717) is 11.3 Å². The first-order chi connectivity index (χ1) is 10.3. The molecule has 1 N–H and O–H groups in total. The highest BCUT2D eigenvalue weighted by atomic mass is 32.1. The average Bonchev–Trinajstić information content (AvgIpc) is 2.68. The molecule has 1 aliphatic rings. The molecule has 0 saturated heterocycles. The number of H-pyrrole nitrogens is 1. The van der Waals surface area contributed by atoms with Crippen LogP contribution in [0.3, 0.4) is 0 Å². The van der Waals surface area contributed by atoms with Gasteiger partial charge in [0, 0.05) is 31.2 Å². The van der Waals surface area contributed by atoms with Crippen molar-refractivity contribution in [2.75, 3.05) is 6.54 Å². The number of imidazole rings is 1. The van der Waals surface area contributed by atoms with Crippen LogP contribution >= 0.6 is 12.2 Å². The van der Waals surface area contributed by atoms with Crippen molar-refractivity contribution in [3.8, 4) is 0 Å². The molecule has 2 heterocycles. The molecule has 0 spiro atoms. The van der Waals surface area contributed by atoms with Crippen molar-refractivity contribution >= 4 is 23.3 Å². The topological polar surface area (TPSA) is 24.0 Å². The molecule has 0 aliphatic carbocycles. The van der Waals surface area contributed by atoms with Gasteiger partial charge in [-0.3, -0.25) is 4.90 Å². The predicted molar refractivity (Wildman–Crippen MR) is 90.9 cm³/mol. The molecule has 1 aromatic carbocycles. The third kappa shape index (κ3) is 2.52. The van der Waals surface area contributed by atoms with E-state index < -0.39 is 0 Å². The summed E-state index contributed by atoms with van der Waals surface area (Å²) in [6.45, 7) is 12.6. The molecule has 0 amide bonds. The van der Waals surface area contributed by atoms with Crippen LogP contribution in [0.5, 0.6) is 0 Å². The van der Waals surface area contributed by atoms with Crippen molar-refractivity contribution in [3.05, 3.63) is 40.9 Å². The molecule has 0 radical (unpaired) electrons. The first kappa shape index (κ1) is 15.4. The molecule has 1 aliphatic heterocycles. The van der Waals surface area contributed by atoms with Crippen LogP contribution in [0, 0.1) is 16.0 Å². The lowest BCUT2D eigenvalue weighted by Crippen LogP contribution is -2.40. The number of aromatic amines is 1. The van der Waals surface area contributed by atoms with Crippen molar-refractivity contribution < 1.29 is 4.39 Å². The average molecular weight is 319 g/mol. The number of nitrogens with one attached hydrogen (secondary N) is 1. The van der Waals surface area contributed by atoms with Gasteiger partial charge in [0.15, 0.2) is 4.77 Å². The SMILES string of the molecule is C=CC(C)(C)CN1Cc2c(F)ccc3[nH]c(=S)n(c23)C[C@@H]1C. The number of hydrogen-bond acceptors (Lipinski definition) is 2. The fourth-order valence-corrected chi connectivity index (χ4v) is 3.44. The van der Waals surface area contributed by atoms with Gasteiger partial charge in [0.1, 0.15) is 5.82 Å². The van der Waals surface area contributed by atoms with Crippen LogP contribution in [0.2, 0.25) is 0 Å². The van der Waals surface area contributed by atoms with E-state index in [0.717, 1.165) is 29.7 Å². The number of nitrogens with zero attached hydrogens (tertiary/aromatic N) is 2. The Morgan fingerprint density at radius 3 is 2.91 bits per heavy atom. The van der Waals surface area contributed by atoms with E-state index in [2.05, 4.69) is 37.2 Å². The largest absolute Gasteiger partial charge is 0.331 e. The summed E-state index contributed by atoms with van der Waals surface area (Å²) in [6.07, 6.45) is 1.97. The highest BCUT2D eigenvalue weighted by molar-refractivity contribution is 7.71. The van der Waals surface area contributed by atoms with Gasteiger partial charge in [-0.2, -0.15) is 0 Å². The van der Waals surface area contributed by atoms with Crippen LogP contribution in [0.15, 0.2) is 24.8 Å². The molecule has 0 bridgehead atoms. The van der Waals surface area contributed by atoms with E-state index in [1.165, 1.54) is 6.07 Å². The Morgan fingerprint density at radius 2 is 2.23 bits per heavy atom. The summed E-state index contributed by atoms with van der Waals surface area (Å²) >= 11 is 5.42. The highest BCUT2D eigenvalue weighted by Gasteiger charge is 2.28. The molecular weight excluding hydrogens is 297 g/mol. The van der Waals surface area contributed by atoms with Gasteiger partial charge in [0.25, 0.3) is 0 Å². The zero-order valence-corrected chi connectivity index (χ0v) is 14.1.